The van der Waals surface area contributed by atoms with E-state index in [0.717, 1.165) is 6.07 Å². The van der Waals surface area contributed by atoms with E-state index in [1.54, 1.807) is 0 Å². The summed E-state index contributed by atoms with van der Waals surface area (Å²) in [6.45, 7) is 0. The summed E-state index contributed by atoms with van der Waals surface area (Å²) in [6.07, 6.45) is 0. The molecule has 2 aromatic carbocycles. The third kappa shape index (κ3) is 4.37. The Morgan fingerprint density at radius 3 is 2.36 bits per heavy atom. The van der Waals surface area contributed by atoms with Crippen LogP contribution >= 0.6 is 23.8 Å². The van der Waals surface area contributed by atoms with Crippen molar-refractivity contribution in [3.8, 4) is 0 Å². The minimum atomic E-state index is -0.746. The quantitative estimate of drug-likeness (QED) is 0.580. The molecule has 0 saturated carbocycles. The highest BCUT2D eigenvalue weighted by molar-refractivity contribution is 7.80. The van der Waals surface area contributed by atoms with Crippen LogP contribution in [0.5, 0.6) is 0 Å². The summed E-state index contributed by atoms with van der Waals surface area (Å²) in [7, 11) is 0. The Balaban J connectivity index is 1.90. The van der Waals surface area contributed by atoms with Gasteiger partial charge in [0.2, 0.25) is 0 Å². The summed E-state index contributed by atoms with van der Waals surface area (Å²) >= 11 is 10.6. The predicted molar refractivity (Wildman–Crippen MR) is 84.6 cm³/mol. The lowest BCUT2D eigenvalue weighted by Gasteiger charge is -2.12. The first-order chi connectivity index (χ1) is 10.5. The molecule has 2 aromatic rings. The number of anilines is 1. The second-order valence-electron chi connectivity index (χ2n) is 4.16. The van der Waals surface area contributed by atoms with Gasteiger partial charge in [0.05, 0.1) is 5.56 Å². The molecule has 2 rings (SSSR count). The summed E-state index contributed by atoms with van der Waals surface area (Å²) in [5, 5.41) is 2.98. The Morgan fingerprint density at radius 1 is 1.05 bits per heavy atom. The zero-order chi connectivity index (χ0) is 16.1. The van der Waals surface area contributed by atoms with Crippen LogP contribution in [-0.4, -0.2) is 11.0 Å². The molecule has 22 heavy (non-hydrogen) atoms. The number of rotatable bonds is 2. The van der Waals surface area contributed by atoms with Gasteiger partial charge in [-0.15, -0.1) is 0 Å². The highest BCUT2D eigenvalue weighted by Crippen LogP contribution is 2.14. The van der Waals surface area contributed by atoms with Gasteiger partial charge in [-0.3, -0.25) is 15.6 Å². The van der Waals surface area contributed by atoms with Crippen molar-refractivity contribution in [2.45, 2.75) is 0 Å². The third-order valence-electron chi connectivity index (χ3n) is 2.57. The van der Waals surface area contributed by atoms with Crippen LogP contribution in [0.3, 0.4) is 0 Å². The van der Waals surface area contributed by atoms with Gasteiger partial charge in [0.25, 0.3) is 5.91 Å². The fourth-order valence-corrected chi connectivity index (χ4v) is 1.88. The van der Waals surface area contributed by atoms with Gasteiger partial charge >= 0.3 is 0 Å². The van der Waals surface area contributed by atoms with E-state index in [2.05, 4.69) is 16.2 Å². The van der Waals surface area contributed by atoms with Crippen molar-refractivity contribution in [3.63, 3.8) is 0 Å². The lowest BCUT2D eigenvalue weighted by Crippen LogP contribution is -2.44. The van der Waals surface area contributed by atoms with Crippen LogP contribution in [0.2, 0.25) is 5.02 Å². The molecule has 0 aliphatic carbocycles. The normalized spacial score (nSPS) is 9.95. The lowest BCUT2D eigenvalue weighted by atomic mass is 10.2. The molecule has 4 nitrogen and oxygen atoms in total. The molecule has 1 amide bonds. The summed E-state index contributed by atoms with van der Waals surface area (Å²) in [5.41, 5.74) is 5.01. The summed E-state index contributed by atoms with van der Waals surface area (Å²) in [6, 6.07) is 9.15. The molecule has 3 N–H and O–H groups in total. The molecule has 114 valence electrons. The highest BCUT2D eigenvalue weighted by atomic mass is 35.5. The Labute approximate surface area is 135 Å². The van der Waals surface area contributed by atoms with E-state index in [4.69, 9.17) is 23.8 Å². The van der Waals surface area contributed by atoms with E-state index in [-0.39, 0.29) is 21.5 Å². The van der Waals surface area contributed by atoms with Crippen LogP contribution in [0.25, 0.3) is 0 Å². The van der Waals surface area contributed by atoms with Crippen molar-refractivity contribution in [2.24, 2.45) is 0 Å². The van der Waals surface area contributed by atoms with Gasteiger partial charge < -0.3 is 5.32 Å². The summed E-state index contributed by atoms with van der Waals surface area (Å²) in [5.74, 6) is -1.84. The van der Waals surface area contributed by atoms with Crippen molar-refractivity contribution in [2.75, 3.05) is 5.32 Å². The largest absolute Gasteiger partial charge is 0.331 e. The fourth-order valence-electron chi connectivity index (χ4n) is 1.55. The average molecular weight is 342 g/mol. The summed E-state index contributed by atoms with van der Waals surface area (Å²) in [4.78, 5) is 11.8. The Kier molecular flexibility index (Phi) is 5.24. The molecule has 0 aliphatic rings. The molecule has 0 atom stereocenters. The fraction of sp³-hybridized carbons (Fsp3) is 0. The van der Waals surface area contributed by atoms with Gasteiger partial charge in [0.1, 0.15) is 11.6 Å². The number of benzene rings is 2. The number of amides is 1. The van der Waals surface area contributed by atoms with Crippen LogP contribution in [-0.2, 0) is 0 Å². The van der Waals surface area contributed by atoms with Crippen LogP contribution in [0, 0.1) is 11.6 Å². The van der Waals surface area contributed by atoms with Gasteiger partial charge in [-0.05, 0) is 54.7 Å². The molecule has 0 bridgehead atoms. The SMILES string of the molecule is O=C(NNC(=S)Nc1ccc(F)cc1)c1ccc(Cl)cc1F. The van der Waals surface area contributed by atoms with E-state index < -0.39 is 11.7 Å². The molecule has 0 fully saturated rings. The number of carbonyl (C=O) groups excluding carboxylic acids is 1. The maximum Gasteiger partial charge on any atom is 0.272 e. The van der Waals surface area contributed by atoms with Gasteiger partial charge in [-0.2, -0.15) is 0 Å². The third-order valence-corrected chi connectivity index (χ3v) is 3.01. The van der Waals surface area contributed by atoms with Gasteiger partial charge in [-0.1, -0.05) is 11.6 Å². The second kappa shape index (κ2) is 7.15. The van der Waals surface area contributed by atoms with Gasteiger partial charge in [-0.25, -0.2) is 8.78 Å². The second-order valence-corrected chi connectivity index (χ2v) is 5.01. The van der Waals surface area contributed by atoms with Crippen LogP contribution in [0.4, 0.5) is 14.5 Å². The van der Waals surface area contributed by atoms with Gasteiger partial charge in [0, 0.05) is 10.7 Å². The standard InChI is InChI=1S/C14H10ClF2N3OS/c15-8-1-6-11(12(17)7-8)13(21)19-20-14(22)18-10-4-2-9(16)3-5-10/h1-7H,(H,19,21)(H2,18,20,22). The predicted octanol–water partition coefficient (Wildman–Crippen LogP) is 3.25. The molecule has 0 radical (unpaired) electrons. The first-order valence-corrected chi connectivity index (χ1v) is 6.82. The van der Waals surface area contributed by atoms with Crippen LogP contribution < -0.4 is 16.2 Å². The number of carbonyl (C=O) groups is 1. The Morgan fingerprint density at radius 2 is 1.73 bits per heavy atom. The number of hydrogen-bond acceptors (Lipinski definition) is 2. The minimum absolute atomic E-state index is 0.0642. The van der Waals surface area contributed by atoms with Crippen LogP contribution in [0.15, 0.2) is 42.5 Å². The monoisotopic (exact) mass is 341 g/mol. The van der Waals surface area contributed by atoms with E-state index in [9.17, 15) is 13.6 Å². The number of thiocarbonyl (C=S) groups is 1. The molecular weight excluding hydrogens is 332 g/mol. The molecule has 8 heteroatoms. The molecule has 0 heterocycles. The molecule has 0 aromatic heterocycles. The summed E-state index contributed by atoms with van der Waals surface area (Å²) < 4.78 is 26.3. The van der Waals surface area contributed by atoms with Gasteiger partial charge in [0.15, 0.2) is 5.11 Å². The van der Waals surface area contributed by atoms with Crippen molar-refractivity contribution in [3.05, 3.63) is 64.7 Å². The number of hydrazine groups is 1. The lowest BCUT2D eigenvalue weighted by molar-refractivity contribution is 0.0940. The van der Waals surface area contributed by atoms with E-state index in [1.165, 1.54) is 36.4 Å². The molecular formula is C14H10ClF2N3OS. The van der Waals surface area contributed by atoms with Crippen molar-refractivity contribution in [1.82, 2.24) is 10.9 Å². The molecule has 0 saturated heterocycles. The number of nitrogens with one attached hydrogen (secondary N) is 3. The number of hydrogen-bond donors (Lipinski definition) is 3. The molecule has 0 aliphatic heterocycles. The topological polar surface area (TPSA) is 53.2 Å². The van der Waals surface area contributed by atoms with E-state index in [1.807, 2.05) is 0 Å². The first kappa shape index (κ1) is 16.1. The van der Waals surface area contributed by atoms with Crippen molar-refractivity contribution in [1.29, 1.82) is 0 Å². The number of halogens is 3. The zero-order valence-corrected chi connectivity index (χ0v) is 12.6. The highest BCUT2D eigenvalue weighted by Gasteiger charge is 2.12. The van der Waals surface area contributed by atoms with Crippen molar-refractivity contribution < 1.29 is 13.6 Å². The smallest absolute Gasteiger partial charge is 0.272 e. The maximum absolute atomic E-state index is 13.6. The van der Waals surface area contributed by atoms with E-state index >= 15 is 0 Å². The maximum atomic E-state index is 13.6. The van der Waals surface area contributed by atoms with Crippen molar-refractivity contribution >= 4 is 40.5 Å². The van der Waals surface area contributed by atoms with E-state index in [0.29, 0.717) is 5.69 Å². The molecule has 0 spiro atoms. The molecule has 0 unspecified atom stereocenters. The Hall–Kier alpha value is -2.25. The van der Waals surface area contributed by atoms with Crippen LogP contribution in [0.1, 0.15) is 10.4 Å². The zero-order valence-electron chi connectivity index (χ0n) is 11.0. The first-order valence-electron chi connectivity index (χ1n) is 6.03. The Bertz CT molecular complexity index is 710. The average Bonchev–Trinajstić information content (AvgIpc) is 2.47. The minimum Gasteiger partial charge on any atom is -0.331 e.